The standard InChI is InChI=1S/C19H25N5O3/c1-12-10-15(27-22-12)18(26)23-8-5-19(6-9-23)16-14(20-11-21-16)4-7-24(19)17(25)13-2-3-13/h11,13,15H,2-10H2,1H3,(H,20,21). The van der Waals surface area contributed by atoms with E-state index in [1.165, 1.54) is 0 Å². The summed E-state index contributed by atoms with van der Waals surface area (Å²) in [5.41, 5.74) is 2.62. The number of oxime groups is 1. The van der Waals surface area contributed by atoms with E-state index < -0.39 is 6.10 Å². The van der Waals surface area contributed by atoms with Gasteiger partial charge in [0.15, 0.2) is 0 Å². The van der Waals surface area contributed by atoms with Crippen LogP contribution in [0.15, 0.2) is 11.5 Å². The number of hydrogen-bond donors (Lipinski definition) is 1. The lowest BCUT2D eigenvalue weighted by Gasteiger charge is -2.50. The van der Waals surface area contributed by atoms with Crippen molar-refractivity contribution in [2.45, 2.75) is 57.1 Å². The van der Waals surface area contributed by atoms with Gasteiger partial charge in [-0.05, 0) is 32.6 Å². The lowest BCUT2D eigenvalue weighted by atomic mass is 9.78. The average molecular weight is 371 g/mol. The molecule has 1 unspecified atom stereocenters. The van der Waals surface area contributed by atoms with Gasteiger partial charge in [-0.2, -0.15) is 0 Å². The minimum absolute atomic E-state index is 0.00331. The Morgan fingerprint density at radius 3 is 2.67 bits per heavy atom. The minimum atomic E-state index is -0.490. The Bertz CT molecular complexity index is 804. The van der Waals surface area contributed by atoms with Crippen LogP contribution < -0.4 is 0 Å². The highest BCUT2D eigenvalue weighted by Crippen LogP contribution is 2.45. The Kier molecular flexibility index (Phi) is 3.77. The van der Waals surface area contributed by atoms with E-state index in [4.69, 9.17) is 4.84 Å². The van der Waals surface area contributed by atoms with Gasteiger partial charge in [0.25, 0.3) is 5.91 Å². The zero-order valence-electron chi connectivity index (χ0n) is 15.6. The number of rotatable bonds is 2. The third kappa shape index (κ3) is 2.64. The fraction of sp³-hybridized carbons (Fsp3) is 0.684. The Hall–Kier alpha value is -2.38. The molecule has 4 heterocycles. The van der Waals surface area contributed by atoms with Crippen molar-refractivity contribution in [2.75, 3.05) is 19.6 Å². The number of carbonyl (C=O) groups is 2. The van der Waals surface area contributed by atoms with Crippen molar-refractivity contribution in [3.8, 4) is 0 Å². The van der Waals surface area contributed by atoms with E-state index in [1.54, 1.807) is 6.33 Å². The van der Waals surface area contributed by atoms with E-state index in [0.717, 1.165) is 55.7 Å². The third-order valence-corrected chi connectivity index (χ3v) is 6.45. The van der Waals surface area contributed by atoms with Crippen LogP contribution in [-0.4, -0.2) is 63.0 Å². The van der Waals surface area contributed by atoms with Crippen molar-refractivity contribution in [3.63, 3.8) is 0 Å². The van der Waals surface area contributed by atoms with Gasteiger partial charge in [0.05, 0.1) is 23.3 Å². The molecule has 1 atom stereocenters. The molecule has 2 fully saturated rings. The molecular weight excluding hydrogens is 346 g/mol. The van der Waals surface area contributed by atoms with Crippen LogP contribution >= 0.6 is 0 Å². The molecule has 1 saturated carbocycles. The Balaban J connectivity index is 1.37. The van der Waals surface area contributed by atoms with Crippen LogP contribution in [0.25, 0.3) is 0 Å². The molecule has 0 aromatic carbocycles. The molecule has 27 heavy (non-hydrogen) atoms. The summed E-state index contributed by atoms with van der Waals surface area (Å²) in [5, 5.41) is 3.90. The highest BCUT2D eigenvalue weighted by atomic mass is 16.6. The maximum Gasteiger partial charge on any atom is 0.266 e. The van der Waals surface area contributed by atoms with Gasteiger partial charge in [0.2, 0.25) is 12.0 Å². The maximum atomic E-state index is 13.0. The summed E-state index contributed by atoms with van der Waals surface area (Å²) in [7, 11) is 0. The minimum Gasteiger partial charge on any atom is -0.382 e. The number of aromatic amines is 1. The summed E-state index contributed by atoms with van der Waals surface area (Å²) >= 11 is 0. The molecule has 144 valence electrons. The molecule has 1 N–H and O–H groups in total. The summed E-state index contributed by atoms with van der Waals surface area (Å²) < 4.78 is 0. The monoisotopic (exact) mass is 371 g/mol. The molecule has 8 nitrogen and oxygen atoms in total. The fourth-order valence-electron chi connectivity index (χ4n) is 4.79. The van der Waals surface area contributed by atoms with Crippen LogP contribution in [0, 0.1) is 5.92 Å². The van der Waals surface area contributed by atoms with Crippen LogP contribution in [0.3, 0.4) is 0 Å². The van der Waals surface area contributed by atoms with Crippen molar-refractivity contribution in [2.24, 2.45) is 11.1 Å². The first-order chi connectivity index (χ1) is 13.1. The molecule has 3 aliphatic heterocycles. The quantitative estimate of drug-likeness (QED) is 0.845. The number of hydrogen-bond acceptors (Lipinski definition) is 5. The number of aromatic nitrogens is 2. The van der Waals surface area contributed by atoms with Crippen molar-refractivity contribution in [1.29, 1.82) is 0 Å². The molecule has 2 amide bonds. The fourth-order valence-corrected chi connectivity index (χ4v) is 4.79. The number of piperidine rings is 1. The SMILES string of the molecule is CC1=NOC(C(=O)N2CCC3(CC2)c2nc[nH]c2CCN3C(=O)C2CC2)C1. The molecule has 1 saturated heterocycles. The molecule has 1 aliphatic carbocycles. The lowest BCUT2D eigenvalue weighted by Crippen LogP contribution is -2.59. The van der Waals surface area contributed by atoms with E-state index in [0.29, 0.717) is 19.5 Å². The van der Waals surface area contributed by atoms with Crippen molar-refractivity contribution >= 4 is 17.5 Å². The first-order valence-electron chi connectivity index (χ1n) is 9.91. The molecule has 5 rings (SSSR count). The van der Waals surface area contributed by atoms with Crippen LogP contribution in [0.1, 0.15) is 50.4 Å². The number of amides is 2. The van der Waals surface area contributed by atoms with E-state index in [1.807, 2.05) is 11.8 Å². The number of fused-ring (bicyclic) bond motifs is 2. The van der Waals surface area contributed by atoms with Crippen LogP contribution in [0.5, 0.6) is 0 Å². The Morgan fingerprint density at radius 1 is 1.22 bits per heavy atom. The van der Waals surface area contributed by atoms with Gasteiger partial charge in [-0.3, -0.25) is 9.59 Å². The number of carbonyl (C=O) groups excluding carboxylic acids is 2. The summed E-state index contributed by atoms with van der Waals surface area (Å²) in [5.74, 6) is 0.462. The largest absolute Gasteiger partial charge is 0.382 e. The Labute approximate surface area is 157 Å². The van der Waals surface area contributed by atoms with E-state index >= 15 is 0 Å². The van der Waals surface area contributed by atoms with Gasteiger partial charge in [0, 0.05) is 44.1 Å². The zero-order valence-corrected chi connectivity index (χ0v) is 15.6. The van der Waals surface area contributed by atoms with Gasteiger partial charge in [-0.1, -0.05) is 5.16 Å². The highest BCUT2D eigenvalue weighted by molar-refractivity contribution is 5.91. The second-order valence-corrected chi connectivity index (χ2v) is 8.23. The third-order valence-electron chi connectivity index (χ3n) is 6.45. The normalized spacial score (nSPS) is 26.6. The molecule has 1 aromatic rings. The smallest absolute Gasteiger partial charge is 0.266 e. The number of nitrogens with one attached hydrogen (secondary N) is 1. The van der Waals surface area contributed by atoms with Crippen molar-refractivity contribution in [3.05, 3.63) is 17.7 Å². The van der Waals surface area contributed by atoms with Gasteiger partial charge in [-0.15, -0.1) is 0 Å². The summed E-state index contributed by atoms with van der Waals surface area (Å²) in [6.45, 7) is 3.83. The maximum absolute atomic E-state index is 13.0. The van der Waals surface area contributed by atoms with E-state index in [-0.39, 0.29) is 23.3 Å². The van der Waals surface area contributed by atoms with Gasteiger partial charge < -0.3 is 19.6 Å². The van der Waals surface area contributed by atoms with Crippen LogP contribution in [0.2, 0.25) is 0 Å². The molecule has 1 spiro atoms. The highest BCUT2D eigenvalue weighted by Gasteiger charge is 2.51. The van der Waals surface area contributed by atoms with Crippen LogP contribution in [0.4, 0.5) is 0 Å². The molecule has 1 aromatic heterocycles. The molecule has 0 bridgehead atoms. The average Bonchev–Trinajstić information content (AvgIpc) is 3.25. The number of nitrogens with zero attached hydrogens (tertiary/aromatic N) is 4. The van der Waals surface area contributed by atoms with Gasteiger partial charge >= 0.3 is 0 Å². The molecule has 8 heteroatoms. The zero-order chi connectivity index (χ0) is 18.6. The second-order valence-electron chi connectivity index (χ2n) is 8.23. The van der Waals surface area contributed by atoms with Crippen LogP contribution in [-0.2, 0) is 26.4 Å². The number of imidazole rings is 1. The Morgan fingerprint density at radius 2 is 2.00 bits per heavy atom. The summed E-state index contributed by atoms with van der Waals surface area (Å²) in [4.78, 5) is 42.8. The predicted octanol–water partition coefficient (Wildman–Crippen LogP) is 1.19. The van der Waals surface area contributed by atoms with Gasteiger partial charge in [-0.25, -0.2) is 4.98 Å². The van der Waals surface area contributed by atoms with Gasteiger partial charge in [0.1, 0.15) is 0 Å². The van der Waals surface area contributed by atoms with Crippen molar-refractivity contribution in [1.82, 2.24) is 19.8 Å². The molecule has 4 aliphatic rings. The molecule has 0 radical (unpaired) electrons. The topological polar surface area (TPSA) is 90.9 Å². The molecular formula is C19H25N5O3. The first kappa shape index (κ1) is 16.8. The number of H-pyrrole nitrogens is 1. The second kappa shape index (κ2) is 6.07. The van der Waals surface area contributed by atoms with Crippen molar-refractivity contribution < 1.29 is 14.4 Å². The predicted molar refractivity (Wildman–Crippen MR) is 96.8 cm³/mol. The van der Waals surface area contributed by atoms with E-state index in [2.05, 4.69) is 20.0 Å². The summed E-state index contributed by atoms with van der Waals surface area (Å²) in [6, 6.07) is 0. The van der Waals surface area contributed by atoms with E-state index in [9.17, 15) is 9.59 Å². The number of likely N-dealkylation sites (tertiary alicyclic amines) is 1. The first-order valence-corrected chi connectivity index (χ1v) is 9.91. The lowest BCUT2D eigenvalue weighted by molar-refractivity contribution is -0.149. The summed E-state index contributed by atoms with van der Waals surface area (Å²) in [6.07, 6.45) is 6.09.